The smallest absolute Gasteiger partial charge is 0.267 e. The number of hydrogen-bond acceptors (Lipinski definition) is 2. The summed E-state index contributed by atoms with van der Waals surface area (Å²) >= 11 is 0. The van der Waals surface area contributed by atoms with Crippen molar-refractivity contribution in [3.8, 4) is 0 Å². The van der Waals surface area contributed by atoms with Crippen LogP contribution in [-0.2, 0) is 13.1 Å². The maximum absolute atomic E-state index is 12.6. The fourth-order valence-electron chi connectivity index (χ4n) is 3.06. The highest BCUT2D eigenvalue weighted by molar-refractivity contribution is 5.97. The van der Waals surface area contributed by atoms with Crippen LogP contribution in [0.1, 0.15) is 12.8 Å². The first-order chi connectivity index (χ1) is 9.75. The first-order valence-electron chi connectivity index (χ1n) is 6.92. The molecular formula is C16H14N2O2. The summed E-state index contributed by atoms with van der Waals surface area (Å²) in [5.41, 5.74) is -0.102. The van der Waals surface area contributed by atoms with E-state index in [-0.39, 0.29) is 11.1 Å². The molecule has 0 amide bonds. The minimum Gasteiger partial charge on any atom is -0.267 e. The van der Waals surface area contributed by atoms with Gasteiger partial charge in [0, 0.05) is 13.1 Å². The Hall–Kier alpha value is -2.36. The summed E-state index contributed by atoms with van der Waals surface area (Å²) < 4.78 is 3.20. The van der Waals surface area contributed by atoms with Gasteiger partial charge in [-0.05, 0) is 35.7 Å². The predicted octanol–water partition coefficient (Wildman–Crippen LogP) is 2.11. The van der Waals surface area contributed by atoms with Crippen LogP contribution in [-0.4, -0.2) is 9.36 Å². The molecule has 4 nitrogen and oxygen atoms in total. The van der Waals surface area contributed by atoms with E-state index in [0.29, 0.717) is 23.9 Å². The Labute approximate surface area is 114 Å². The molecule has 0 saturated heterocycles. The number of hydrogen-bond donors (Lipinski definition) is 0. The molecule has 0 fully saturated rings. The molecule has 0 aliphatic carbocycles. The number of rotatable bonds is 0. The van der Waals surface area contributed by atoms with Gasteiger partial charge >= 0.3 is 0 Å². The van der Waals surface area contributed by atoms with E-state index >= 15 is 0 Å². The number of fused-ring (bicyclic) bond motifs is 3. The van der Waals surface area contributed by atoms with Gasteiger partial charge in [-0.15, -0.1) is 0 Å². The van der Waals surface area contributed by atoms with Gasteiger partial charge in [-0.25, -0.2) is 9.36 Å². The average molecular weight is 266 g/mol. The summed E-state index contributed by atoms with van der Waals surface area (Å²) in [7, 11) is 0. The van der Waals surface area contributed by atoms with Crippen molar-refractivity contribution in [3.05, 3.63) is 57.1 Å². The molecule has 1 aliphatic rings. The normalized spacial score (nSPS) is 14.6. The van der Waals surface area contributed by atoms with Gasteiger partial charge in [-0.1, -0.05) is 24.3 Å². The molecule has 2 aromatic carbocycles. The van der Waals surface area contributed by atoms with Crippen LogP contribution in [0, 0.1) is 0 Å². The monoisotopic (exact) mass is 266 g/mol. The van der Waals surface area contributed by atoms with E-state index in [2.05, 4.69) is 0 Å². The van der Waals surface area contributed by atoms with Gasteiger partial charge in [-0.3, -0.25) is 9.59 Å². The third-order valence-electron chi connectivity index (χ3n) is 4.10. The van der Waals surface area contributed by atoms with Gasteiger partial charge in [0.15, 0.2) is 0 Å². The first-order valence-corrected chi connectivity index (χ1v) is 6.92. The van der Waals surface area contributed by atoms with Gasteiger partial charge in [0.2, 0.25) is 0 Å². The third kappa shape index (κ3) is 1.48. The maximum atomic E-state index is 12.6. The molecule has 2 heterocycles. The predicted molar refractivity (Wildman–Crippen MR) is 79.2 cm³/mol. The lowest BCUT2D eigenvalue weighted by Gasteiger charge is -2.21. The number of benzene rings is 2. The lowest BCUT2D eigenvalue weighted by atomic mass is 10.1. The molecular weight excluding hydrogens is 252 g/mol. The zero-order chi connectivity index (χ0) is 13.7. The van der Waals surface area contributed by atoms with Crippen LogP contribution in [0.25, 0.3) is 21.5 Å². The van der Waals surface area contributed by atoms with Crippen molar-refractivity contribution in [1.29, 1.82) is 0 Å². The second-order valence-corrected chi connectivity index (χ2v) is 5.31. The standard InChI is InChI=1S/C16H14N2O2/c19-15-13-9-11-5-1-2-6-12(11)10-14(13)16(20)18-8-4-3-7-17(15)18/h1-2,5-6,9-10H,3-4,7-8H2. The molecule has 20 heavy (non-hydrogen) atoms. The molecule has 3 aromatic rings. The molecule has 4 rings (SSSR count). The molecule has 0 spiro atoms. The zero-order valence-corrected chi connectivity index (χ0v) is 11.0. The van der Waals surface area contributed by atoms with Gasteiger partial charge in [0.25, 0.3) is 11.1 Å². The van der Waals surface area contributed by atoms with Crippen LogP contribution in [0.4, 0.5) is 0 Å². The van der Waals surface area contributed by atoms with Crippen LogP contribution in [0.3, 0.4) is 0 Å². The van der Waals surface area contributed by atoms with Crippen LogP contribution >= 0.6 is 0 Å². The van der Waals surface area contributed by atoms with Crippen molar-refractivity contribution in [2.24, 2.45) is 0 Å². The van der Waals surface area contributed by atoms with Crippen LogP contribution in [0.2, 0.25) is 0 Å². The molecule has 0 radical (unpaired) electrons. The zero-order valence-electron chi connectivity index (χ0n) is 11.0. The minimum absolute atomic E-state index is 0.0509. The van der Waals surface area contributed by atoms with Gasteiger partial charge in [0.05, 0.1) is 10.8 Å². The SMILES string of the molecule is O=c1c2cc3ccccc3cc2c(=O)n2n1CCCC2. The van der Waals surface area contributed by atoms with Gasteiger partial charge in [-0.2, -0.15) is 0 Å². The van der Waals surface area contributed by atoms with Crippen molar-refractivity contribution >= 4 is 21.5 Å². The van der Waals surface area contributed by atoms with Crippen molar-refractivity contribution in [2.75, 3.05) is 0 Å². The molecule has 0 bridgehead atoms. The Bertz CT molecular complexity index is 872. The van der Waals surface area contributed by atoms with Crippen molar-refractivity contribution in [1.82, 2.24) is 9.36 Å². The highest BCUT2D eigenvalue weighted by Crippen LogP contribution is 2.19. The summed E-state index contributed by atoms with van der Waals surface area (Å²) in [6, 6.07) is 11.5. The van der Waals surface area contributed by atoms with Crippen LogP contribution in [0.15, 0.2) is 46.0 Å². The highest BCUT2D eigenvalue weighted by atomic mass is 16.2. The Morgan fingerprint density at radius 2 is 1.20 bits per heavy atom. The maximum Gasteiger partial charge on any atom is 0.273 e. The quantitative estimate of drug-likeness (QED) is 0.585. The molecule has 1 aromatic heterocycles. The van der Waals surface area contributed by atoms with Crippen molar-refractivity contribution < 1.29 is 0 Å². The Morgan fingerprint density at radius 1 is 0.750 bits per heavy atom. The van der Waals surface area contributed by atoms with Crippen LogP contribution in [0.5, 0.6) is 0 Å². The summed E-state index contributed by atoms with van der Waals surface area (Å²) in [5, 5.41) is 3.06. The molecule has 0 unspecified atom stereocenters. The highest BCUT2D eigenvalue weighted by Gasteiger charge is 2.16. The van der Waals surface area contributed by atoms with E-state index in [1.165, 1.54) is 0 Å². The molecule has 4 heteroatoms. The largest absolute Gasteiger partial charge is 0.273 e. The van der Waals surface area contributed by atoms with E-state index in [1.54, 1.807) is 9.36 Å². The first kappa shape index (κ1) is 11.5. The summed E-state index contributed by atoms with van der Waals surface area (Å²) in [4.78, 5) is 25.1. The van der Waals surface area contributed by atoms with Gasteiger partial charge < -0.3 is 0 Å². The topological polar surface area (TPSA) is 44.0 Å². The summed E-state index contributed by atoms with van der Waals surface area (Å²) in [6.07, 6.45) is 1.91. The fraction of sp³-hybridized carbons (Fsp3) is 0.250. The Morgan fingerprint density at radius 3 is 1.65 bits per heavy atom. The summed E-state index contributed by atoms with van der Waals surface area (Å²) in [5.74, 6) is 0. The molecule has 0 N–H and O–H groups in total. The Balaban J connectivity index is 2.24. The van der Waals surface area contributed by atoms with E-state index in [1.807, 2.05) is 36.4 Å². The molecule has 0 saturated carbocycles. The van der Waals surface area contributed by atoms with Crippen LogP contribution < -0.4 is 11.1 Å². The second kappa shape index (κ2) is 4.07. The fourth-order valence-corrected chi connectivity index (χ4v) is 3.06. The van der Waals surface area contributed by atoms with E-state index in [0.717, 1.165) is 23.6 Å². The number of aromatic nitrogens is 2. The minimum atomic E-state index is -0.0509. The second-order valence-electron chi connectivity index (χ2n) is 5.31. The van der Waals surface area contributed by atoms with E-state index < -0.39 is 0 Å². The molecule has 1 aliphatic heterocycles. The lowest BCUT2D eigenvalue weighted by Crippen LogP contribution is -2.41. The van der Waals surface area contributed by atoms with Gasteiger partial charge in [0.1, 0.15) is 0 Å². The van der Waals surface area contributed by atoms with E-state index in [9.17, 15) is 9.59 Å². The Kier molecular flexibility index (Phi) is 2.33. The lowest BCUT2D eigenvalue weighted by molar-refractivity contribution is 0.337. The summed E-state index contributed by atoms with van der Waals surface area (Å²) in [6.45, 7) is 1.27. The number of nitrogens with zero attached hydrogens (tertiary/aromatic N) is 2. The van der Waals surface area contributed by atoms with E-state index in [4.69, 9.17) is 0 Å². The average Bonchev–Trinajstić information content (AvgIpc) is 2.51. The molecule has 100 valence electrons. The van der Waals surface area contributed by atoms with Crippen molar-refractivity contribution in [2.45, 2.75) is 25.9 Å². The third-order valence-corrected chi connectivity index (χ3v) is 4.10. The molecule has 0 atom stereocenters. The van der Waals surface area contributed by atoms with Crippen molar-refractivity contribution in [3.63, 3.8) is 0 Å².